The number of hydrogen-bond acceptors (Lipinski definition) is 5. The van der Waals surface area contributed by atoms with Crippen LogP contribution in [0.2, 0.25) is 0 Å². The molecule has 168 valence electrons. The standard InChI is InChI=1S/C24H44N2O3/c1-22-10-8-19(27)16-18(22)5-6-21-20(22)9-11-23(2)17(7-12-24(21,23)28)4-3-14-26-29-15-13-25/h17-21,26-28H,3-16,25H2,1-2H3/t17?,18?,19?,20-,21-,22+,23-,24-/m1/s1. The summed E-state index contributed by atoms with van der Waals surface area (Å²) in [6.07, 6.45) is 12.2. The van der Waals surface area contributed by atoms with Crippen LogP contribution >= 0.6 is 0 Å². The molecule has 3 unspecified atom stereocenters. The Balaban J connectivity index is 1.43. The summed E-state index contributed by atoms with van der Waals surface area (Å²) in [5, 5.41) is 22.4. The van der Waals surface area contributed by atoms with Crippen LogP contribution < -0.4 is 11.2 Å². The summed E-state index contributed by atoms with van der Waals surface area (Å²) in [7, 11) is 0. The van der Waals surface area contributed by atoms with E-state index in [1.807, 2.05) is 0 Å². The van der Waals surface area contributed by atoms with Gasteiger partial charge in [-0.3, -0.25) is 0 Å². The van der Waals surface area contributed by atoms with Gasteiger partial charge in [0.05, 0.1) is 18.3 Å². The number of aliphatic hydroxyl groups is 2. The van der Waals surface area contributed by atoms with E-state index in [4.69, 9.17) is 10.6 Å². The highest BCUT2D eigenvalue weighted by atomic mass is 16.6. The fraction of sp³-hybridized carbons (Fsp3) is 1.00. The monoisotopic (exact) mass is 408 g/mol. The second kappa shape index (κ2) is 8.38. The van der Waals surface area contributed by atoms with Crippen LogP contribution in [0, 0.1) is 34.5 Å². The van der Waals surface area contributed by atoms with Crippen molar-refractivity contribution in [3.63, 3.8) is 0 Å². The number of nitrogens with one attached hydrogen (secondary N) is 1. The molecule has 0 heterocycles. The van der Waals surface area contributed by atoms with Crippen molar-refractivity contribution >= 4 is 0 Å². The highest BCUT2D eigenvalue weighted by molar-refractivity contribution is 5.16. The van der Waals surface area contributed by atoms with Crippen molar-refractivity contribution in [1.29, 1.82) is 0 Å². The van der Waals surface area contributed by atoms with Gasteiger partial charge < -0.3 is 20.8 Å². The quantitative estimate of drug-likeness (QED) is 0.383. The fourth-order valence-corrected chi connectivity index (χ4v) is 8.40. The van der Waals surface area contributed by atoms with Gasteiger partial charge in [0.15, 0.2) is 0 Å². The first-order valence-electron chi connectivity index (χ1n) is 12.3. The molecule has 5 N–H and O–H groups in total. The Labute approximate surface area is 177 Å². The van der Waals surface area contributed by atoms with Crippen molar-refractivity contribution in [2.75, 3.05) is 19.7 Å². The summed E-state index contributed by atoms with van der Waals surface area (Å²) in [6.45, 7) is 6.85. The van der Waals surface area contributed by atoms with E-state index in [2.05, 4.69) is 19.3 Å². The predicted molar refractivity (Wildman–Crippen MR) is 115 cm³/mol. The molecule has 8 atom stereocenters. The van der Waals surface area contributed by atoms with Crippen LogP contribution in [0.1, 0.15) is 84.5 Å². The van der Waals surface area contributed by atoms with Crippen molar-refractivity contribution in [1.82, 2.24) is 5.48 Å². The maximum Gasteiger partial charge on any atom is 0.0804 e. The smallest absolute Gasteiger partial charge is 0.0804 e. The second-order valence-corrected chi connectivity index (χ2v) is 11.2. The molecule has 0 aliphatic heterocycles. The molecule has 4 fully saturated rings. The molecule has 4 rings (SSSR count). The van der Waals surface area contributed by atoms with Gasteiger partial charge in [-0.2, -0.15) is 0 Å². The Kier molecular flexibility index (Phi) is 6.36. The van der Waals surface area contributed by atoms with Gasteiger partial charge in [0.25, 0.3) is 0 Å². The molecule has 0 aromatic rings. The van der Waals surface area contributed by atoms with E-state index in [0.717, 1.165) is 51.5 Å². The molecular formula is C24H44N2O3. The van der Waals surface area contributed by atoms with Crippen LogP contribution in [0.4, 0.5) is 0 Å². The molecule has 0 spiro atoms. The minimum absolute atomic E-state index is 0.0592. The van der Waals surface area contributed by atoms with Gasteiger partial charge in [-0.15, -0.1) is 0 Å². The van der Waals surface area contributed by atoms with Gasteiger partial charge in [-0.25, -0.2) is 5.48 Å². The summed E-state index contributed by atoms with van der Waals surface area (Å²) in [4.78, 5) is 5.30. The zero-order valence-corrected chi connectivity index (χ0v) is 18.7. The van der Waals surface area contributed by atoms with Gasteiger partial charge in [0.2, 0.25) is 0 Å². The maximum atomic E-state index is 12.2. The lowest BCUT2D eigenvalue weighted by Gasteiger charge is -2.63. The van der Waals surface area contributed by atoms with E-state index in [0.29, 0.717) is 42.2 Å². The summed E-state index contributed by atoms with van der Waals surface area (Å²) in [5.74, 6) is 2.35. The molecule has 0 saturated heterocycles. The van der Waals surface area contributed by atoms with Gasteiger partial charge in [0.1, 0.15) is 0 Å². The second-order valence-electron chi connectivity index (χ2n) is 11.2. The zero-order chi connectivity index (χ0) is 20.7. The molecule has 5 nitrogen and oxygen atoms in total. The Morgan fingerprint density at radius 1 is 1.03 bits per heavy atom. The molecule has 4 aliphatic carbocycles. The molecule has 0 aromatic carbocycles. The van der Waals surface area contributed by atoms with Crippen molar-refractivity contribution in [2.45, 2.75) is 96.2 Å². The number of nitrogens with two attached hydrogens (primary N) is 1. The third-order valence-electron chi connectivity index (χ3n) is 10.2. The van der Waals surface area contributed by atoms with Gasteiger partial charge in [0, 0.05) is 13.1 Å². The summed E-state index contributed by atoms with van der Waals surface area (Å²) in [6, 6.07) is 0. The van der Waals surface area contributed by atoms with E-state index in [-0.39, 0.29) is 11.5 Å². The first-order chi connectivity index (χ1) is 13.8. The Morgan fingerprint density at radius 3 is 2.66 bits per heavy atom. The van der Waals surface area contributed by atoms with E-state index in [1.165, 1.54) is 25.7 Å². The number of fused-ring (bicyclic) bond motifs is 5. The maximum absolute atomic E-state index is 12.2. The largest absolute Gasteiger partial charge is 0.393 e. The number of hydrogen-bond donors (Lipinski definition) is 4. The summed E-state index contributed by atoms with van der Waals surface area (Å²) < 4.78 is 0. The summed E-state index contributed by atoms with van der Waals surface area (Å²) in [5.41, 5.74) is 8.37. The lowest BCUT2D eigenvalue weighted by atomic mass is 9.43. The van der Waals surface area contributed by atoms with Gasteiger partial charge >= 0.3 is 0 Å². The predicted octanol–water partition coefficient (Wildman–Crippen LogP) is 3.38. The molecule has 4 aliphatic rings. The lowest BCUT2D eigenvalue weighted by Crippen LogP contribution is -2.62. The van der Waals surface area contributed by atoms with E-state index in [9.17, 15) is 10.2 Å². The van der Waals surface area contributed by atoms with Crippen LogP contribution in [0.3, 0.4) is 0 Å². The topological polar surface area (TPSA) is 87.7 Å². The van der Waals surface area contributed by atoms with Crippen LogP contribution in [-0.2, 0) is 4.84 Å². The van der Waals surface area contributed by atoms with Gasteiger partial charge in [-0.1, -0.05) is 13.8 Å². The first-order valence-corrected chi connectivity index (χ1v) is 12.3. The lowest BCUT2D eigenvalue weighted by molar-refractivity contribution is -0.210. The minimum atomic E-state index is -0.492. The molecule has 0 amide bonds. The Hall–Kier alpha value is -0.200. The molecule has 0 aromatic heterocycles. The van der Waals surface area contributed by atoms with Crippen molar-refractivity contribution in [2.24, 2.45) is 40.2 Å². The highest BCUT2D eigenvalue weighted by Gasteiger charge is 2.66. The molecule has 0 radical (unpaired) electrons. The molecule has 4 saturated carbocycles. The van der Waals surface area contributed by atoms with Crippen molar-refractivity contribution in [3.8, 4) is 0 Å². The number of hydroxylamine groups is 1. The summed E-state index contributed by atoms with van der Waals surface area (Å²) >= 11 is 0. The third-order valence-corrected chi connectivity index (χ3v) is 10.2. The number of aliphatic hydroxyl groups excluding tert-OH is 1. The number of rotatable bonds is 7. The molecule has 0 bridgehead atoms. The third kappa shape index (κ3) is 3.59. The SMILES string of the molecule is C[C@]12CCC(O)CC1CC[C@@H]1[C@H]2CC[C@]2(C)C(CCCNOCCN)CC[C@@]12O. The zero-order valence-electron chi connectivity index (χ0n) is 18.7. The average Bonchev–Trinajstić information content (AvgIpc) is 2.96. The van der Waals surface area contributed by atoms with Crippen molar-refractivity contribution < 1.29 is 15.1 Å². The molecule has 5 heteroatoms. The average molecular weight is 409 g/mol. The van der Waals surface area contributed by atoms with E-state index in [1.54, 1.807) is 0 Å². The van der Waals surface area contributed by atoms with Crippen LogP contribution in [0.15, 0.2) is 0 Å². The fourth-order valence-electron chi connectivity index (χ4n) is 8.40. The van der Waals surface area contributed by atoms with Crippen LogP contribution in [-0.4, -0.2) is 41.6 Å². The highest BCUT2D eigenvalue weighted by Crippen LogP contribution is 2.69. The van der Waals surface area contributed by atoms with Crippen molar-refractivity contribution in [3.05, 3.63) is 0 Å². The van der Waals surface area contributed by atoms with Crippen LogP contribution in [0.25, 0.3) is 0 Å². The van der Waals surface area contributed by atoms with E-state index >= 15 is 0 Å². The molecule has 29 heavy (non-hydrogen) atoms. The normalized spacial score (nSPS) is 49.3. The first kappa shape index (κ1) is 22.0. The Bertz CT molecular complexity index is 574. The minimum Gasteiger partial charge on any atom is -0.393 e. The van der Waals surface area contributed by atoms with Crippen LogP contribution in [0.5, 0.6) is 0 Å². The van der Waals surface area contributed by atoms with Gasteiger partial charge in [-0.05, 0) is 105 Å². The Morgan fingerprint density at radius 2 is 1.86 bits per heavy atom. The van der Waals surface area contributed by atoms with E-state index < -0.39 is 5.60 Å². The molecular weight excluding hydrogens is 364 g/mol.